The van der Waals surface area contributed by atoms with Crippen molar-refractivity contribution >= 4 is 17.1 Å². The van der Waals surface area contributed by atoms with Crippen LogP contribution in [-0.2, 0) is 4.74 Å². The number of hydrogen-bond donors (Lipinski definition) is 1. The summed E-state index contributed by atoms with van der Waals surface area (Å²) >= 11 is 0. The van der Waals surface area contributed by atoms with Crippen molar-refractivity contribution < 1.29 is 13.9 Å². The molecule has 0 aliphatic carbocycles. The molecule has 2 aromatic rings. The summed E-state index contributed by atoms with van der Waals surface area (Å²) in [6, 6.07) is 6.18. The molecule has 0 atom stereocenters. The minimum absolute atomic E-state index is 0.568. The highest BCUT2D eigenvalue weighted by Crippen LogP contribution is 2.23. The number of rotatable bonds is 5. The van der Waals surface area contributed by atoms with Crippen LogP contribution in [0.2, 0.25) is 0 Å². The third-order valence-corrected chi connectivity index (χ3v) is 3.13. The molecule has 1 aliphatic heterocycles. The number of ether oxygens (including phenoxy) is 2. The van der Waals surface area contributed by atoms with Gasteiger partial charge in [-0.1, -0.05) is 0 Å². The molecule has 0 radical (unpaired) electrons. The van der Waals surface area contributed by atoms with Gasteiger partial charge in [-0.05, 0) is 18.6 Å². The smallest absolute Gasteiger partial charge is 0.295 e. The molecule has 0 unspecified atom stereocenters. The second-order valence-electron chi connectivity index (χ2n) is 4.47. The highest BCUT2D eigenvalue weighted by molar-refractivity contribution is 5.76. The molecule has 1 aliphatic rings. The van der Waals surface area contributed by atoms with Crippen molar-refractivity contribution in [1.29, 1.82) is 0 Å². The fourth-order valence-electron chi connectivity index (χ4n) is 1.94. The van der Waals surface area contributed by atoms with Crippen molar-refractivity contribution in [2.24, 2.45) is 5.92 Å². The lowest BCUT2D eigenvalue weighted by Crippen LogP contribution is -2.29. The number of benzene rings is 1. The van der Waals surface area contributed by atoms with E-state index in [1.165, 1.54) is 0 Å². The highest BCUT2D eigenvalue weighted by Gasteiger charge is 2.17. The Bertz CT molecular complexity index is 534. The van der Waals surface area contributed by atoms with Crippen molar-refractivity contribution in [3.05, 3.63) is 18.2 Å². The number of oxazole rings is 1. The highest BCUT2D eigenvalue weighted by atomic mass is 16.5. The van der Waals surface area contributed by atoms with Gasteiger partial charge in [0.1, 0.15) is 11.3 Å². The number of methoxy groups -OCH3 is 1. The molecule has 96 valence electrons. The number of nitrogens with one attached hydrogen (secondary N) is 1. The van der Waals surface area contributed by atoms with Gasteiger partial charge in [0, 0.05) is 18.5 Å². The zero-order chi connectivity index (χ0) is 12.4. The summed E-state index contributed by atoms with van der Waals surface area (Å²) in [5.41, 5.74) is 1.58. The molecule has 1 saturated heterocycles. The molecule has 5 heteroatoms. The molecule has 0 spiro atoms. The van der Waals surface area contributed by atoms with Crippen LogP contribution < -0.4 is 10.1 Å². The first-order valence-corrected chi connectivity index (χ1v) is 6.11. The lowest BCUT2D eigenvalue weighted by atomic mass is 10.0. The van der Waals surface area contributed by atoms with Crippen LogP contribution in [0.3, 0.4) is 0 Å². The Hall–Kier alpha value is -1.75. The average Bonchev–Trinajstić information content (AvgIpc) is 2.73. The zero-order valence-electron chi connectivity index (χ0n) is 10.3. The van der Waals surface area contributed by atoms with Crippen LogP contribution in [0.4, 0.5) is 6.01 Å². The number of anilines is 1. The van der Waals surface area contributed by atoms with Crippen molar-refractivity contribution in [1.82, 2.24) is 4.98 Å². The van der Waals surface area contributed by atoms with Crippen molar-refractivity contribution in [2.75, 3.05) is 32.2 Å². The maximum Gasteiger partial charge on any atom is 0.295 e. The molecule has 1 aromatic carbocycles. The summed E-state index contributed by atoms with van der Waals surface area (Å²) in [5.74, 6) is 1.46. The van der Waals surface area contributed by atoms with Crippen molar-refractivity contribution in [3.8, 4) is 5.75 Å². The normalized spacial score (nSPS) is 15.6. The maximum absolute atomic E-state index is 5.61. The third-order valence-electron chi connectivity index (χ3n) is 3.13. The van der Waals surface area contributed by atoms with Gasteiger partial charge in [0.2, 0.25) is 0 Å². The quantitative estimate of drug-likeness (QED) is 0.879. The summed E-state index contributed by atoms with van der Waals surface area (Å²) in [6.07, 6.45) is 1.09. The van der Waals surface area contributed by atoms with Crippen LogP contribution in [0.1, 0.15) is 6.42 Å². The molecule has 1 aromatic heterocycles. The van der Waals surface area contributed by atoms with Crippen LogP contribution in [0, 0.1) is 5.92 Å². The Kier molecular flexibility index (Phi) is 3.06. The lowest BCUT2D eigenvalue weighted by molar-refractivity contribution is -0.0338. The van der Waals surface area contributed by atoms with E-state index in [4.69, 9.17) is 13.9 Å². The van der Waals surface area contributed by atoms with E-state index in [2.05, 4.69) is 10.3 Å². The standard InChI is InChI=1S/C13H16N2O3/c1-16-10-2-3-11-12(6-10)18-13(15-11)14-5-4-9-7-17-8-9/h2-3,6,9H,4-5,7-8H2,1H3,(H,14,15). The molecule has 5 nitrogen and oxygen atoms in total. The van der Waals surface area contributed by atoms with E-state index >= 15 is 0 Å². The van der Waals surface area contributed by atoms with Crippen LogP contribution in [0.5, 0.6) is 5.75 Å². The number of hydrogen-bond acceptors (Lipinski definition) is 5. The van der Waals surface area contributed by atoms with Crippen molar-refractivity contribution in [3.63, 3.8) is 0 Å². The van der Waals surface area contributed by atoms with E-state index in [-0.39, 0.29) is 0 Å². The van der Waals surface area contributed by atoms with E-state index in [1.807, 2.05) is 18.2 Å². The predicted octanol–water partition coefficient (Wildman–Crippen LogP) is 2.28. The summed E-state index contributed by atoms with van der Waals surface area (Å²) in [5, 5.41) is 3.20. The van der Waals surface area contributed by atoms with E-state index in [0.717, 1.165) is 43.0 Å². The monoisotopic (exact) mass is 248 g/mol. The van der Waals surface area contributed by atoms with Gasteiger partial charge in [0.05, 0.1) is 20.3 Å². The number of aromatic nitrogens is 1. The van der Waals surface area contributed by atoms with Gasteiger partial charge in [-0.2, -0.15) is 4.98 Å². The van der Waals surface area contributed by atoms with Gasteiger partial charge in [0.25, 0.3) is 6.01 Å². The molecule has 18 heavy (non-hydrogen) atoms. The van der Waals surface area contributed by atoms with E-state index in [9.17, 15) is 0 Å². The number of nitrogens with zero attached hydrogens (tertiary/aromatic N) is 1. The van der Waals surface area contributed by atoms with Gasteiger partial charge >= 0.3 is 0 Å². The Morgan fingerprint density at radius 2 is 2.33 bits per heavy atom. The van der Waals surface area contributed by atoms with Gasteiger partial charge in [0.15, 0.2) is 5.58 Å². The Morgan fingerprint density at radius 1 is 1.44 bits per heavy atom. The largest absolute Gasteiger partial charge is 0.497 e. The third kappa shape index (κ3) is 2.26. The first kappa shape index (κ1) is 11.3. The molecule has 0 amide bonds. The Labute approximate surface area is 105 Å². The summed E-state index contributed by atoms with van der Waals surface area (Å²) in [7, 11) is 1.64. The zero-order valence-corrected chi connectivity index (χ0v) is 10.3. The summed E-state index contributed by atoms with van der Waals surface area (Å²) in [4.78, 5) is 4.36. The fourth-order valence-corrected chi connectivity index (χ4v) is 1.94. The minimum Gasteiger partial charge on any atom is -0.497 e. The van der Waals surface area contributed by atoms with E-state index < -0.39 is 0 Å². The molecule has 0 bridgehead atoms. The molecule has 2 heterocycles. The molecular weight excluding hydrogens is 232 g/mol. The second-order valence-corrected chi connectivity index (χ2v) is 4.47. The number of fused-ring (bicyclic) bond motifs is 1. The fraction of sp³-hybridized carbons (Fsp3) is 0.462. The minimum atomic E-state index is 0.568. The van der Waals surface area contributed by atoms with Gasteiger partial charge < -0.3 is 19.2 Å². The Balaban J connectivity index is 1.64. The summed E-state index contributed by atoms with van der Waals surface area (Å²) in [6.45, 7) is 2.62. The SMILES string of the molecule is COc1ccc2nc(NCCC3COC3)oc2c1. The molecule has 3 rings (SSSR count). The van der Waals surface area contributed by atoms with Crippen LogP contribution in [0.25, 0.3) is 11.1 Å². The first-order valence-electron chi connectivity index (χ1n) is 6.11. The predicted molar refractivity (Wildman–Crippen MR) is 68.0 cm³/mol. The van der Waals surface area contributed by atoms with Crippen LogP contribution in [0.15, 0.2) is 22.6 Å². The van der Waals surface area contributed by atoms with Gasteiger partial charge in [-0.25, -0.2) is 0 Å². The molecule has 1 fully saturated rings. The second kappa shape index (κ2) is 4.86. The molecular formula is C13H16N2O3. The first-order chi connectivity index (χ1) is 8.85. The average molecular weight is 248 g/mol. The molecule has 0 saturated carbocycles. The van der Waals surface area contributed by atoms with Gasteiger partial charge in [-0.3, -0.25) is 0 Å². The Morgan fingerprint density at radius 3 is 3.06 bits per heavy atom. The topological polar surface area (TPSA) is 56.5 Å². The van der Waals surface area contributed by atoms with Gasteiger partial charge in [-0.15, -0.1) is 0 Å². The van der Waals surface area contributed by atoms with E-state index in [0.29, 0.717) is 11.9 Å². The summed E-state index contributed by atoms with van der Waals surface area (Å²) < 4.78 is 15.9. The van der Waals surface area contributed by atoms with Crippen LogP contribution >= 0.6 is 0 Å². The lowest BCUT2D eigenvalue weighted by Gasteiger charge is -2.25. The van der Waals surface area contributed by atoms with Crippen LogP contribution in [-0.4, -0.2) is 31.9 Å². The van der Waals surface area contributed by atoms with Crippen molar-refractivity contribution in [2.45, 2.75) is 6.42 Å². The van der Waals surface area contributed by atoms with E-state index in [1.54, 1.807) is 7.11 Å². The maximum atomic E-state index is 5.61. The molecule has 1 N–H and O–H groups in total.